The highest BCUT2D eigenvalue weighted by Gasteiger charge is 2.41. The Morgan fingerprint density at radius 2 is 1.91 bits per heavy atom. The van der Waals surface area contributed by atoms with E-state index < -0.39 is 17.7 Å². The average molecular weight is 764 g/mol. The lowest BCUT2D eigenvalue weighted by Gasteiger charge is -2.31. The van der Waals surface area contributed by atoms with Crippen molar-refractivity contribution < 1.29 is 27.8 Å². The molecule has 5 aromatic heterocycles. The summed E-state index contributed by atoms with van der Waals surface area (Å²) in [6.07, 6.45) is 6.74. The third kappa shape index (κ3) is 6.45. The van der Waals surface area contributed by atoms with Crippen LogP contribution in [-0.2, 0) is 27.4 Å². The molecule has 9 rings (SSSR count). The maximum absolute atomic E-state index is 15.7. The molecule has 288 valence electrons. The zero-order valence-electron chi connectivity index (χ0n) is 31.0. The number of likely N-dealkylation sites (N-methyl/N-ethyl adjacent to an activating group) is 1. The molecule has 56 heavy (non-hydrogen) atoms. The topological polar surface area (TPSA) is 150 Å². The Balaban J connectivity index is 1.17. The summed E-state index contributed by atoms with van der Waals surface area (Å²) in [5.41, 5.74) is 3.16. The maximum atomic E-state index is 15.7. The molecule has 15 nitrogen and oxygen atoms in total. The van der Waals surface area contributed by atoms with E-state index in [1.165, 1.54) is 10.9 Å². The van der Waals surface area contributed by atoms with E-state index in [9.17, 15) is 9.18 Å². The van der Waals surface area contributed by atoms with Gasteiger partial charge in [0.15, 0.2) is 23.0 Å². The third-order valence-corrected chi connectivity index (χ3v) is 10.3. The van der Waals surface area contributed by atoms with E-state index in [1.54, 1.807) is 30.3 Å². The molecule has 0 saturated carbocycles. The molecule has 3 aliphatic rings. The van der Waals surface area contributed by atoms with Crippen molar-refractivity contribution in [1.29, 1.82) is 0 Å². The van der Waals surface area contributed by atoms with E-state index in [0.29, 0.717) is 66.9 Å². The Morgan fingerprint density at radius 3 is 2.79 bits per heavy atom. The molecular weight excluding hydrogens is 724 g/mol. The highest BCUT2D eigenvalue weighted by Crippen LogP contribution is 2.36. The fourth-order valence-electron chi connectivity index (χ4n) is 7.86. The van der Waals surface area contributed by atoms with Crippen LogP contribution in [0.4, 0.5) is 20.4 Å². The highest BCUT2D eigenvalue weighted by molar-refractivity contribution is 5.93. The van der Waals surface area contributed by atoms with Crippen molar-refractivity contribution in [3.63, 3.8) is 0 Å². The number of halogens is 2. The number of amides is 1. The smallest absolute Gasteiger partial charge is 0.245 e. The van der Waals surface area contributed by atoms with Gasteiger partial charge in [-0.1, -0.05) is 12.1 Å². The van der Waals surface area contributed by atoms with Crippen LogP contribution in [0, 0.1) is 18.6 Å². The van der Waals surface area contributed by atoms with Crippen molar-refractivity contribution in [3.05, 3.63) is 84.2 Å². The summed E-state index contributed by atoms with van der Waals surface area (Å²) in [6, 6.07) is 8.59. The zero-order chi connectivity index (χ0) is 38.5. The number of hydrogen-bond donors (Lipinski definition) is 1. The number of fused-ring (bicyclic) bond motifs is 8. The van der Waals surface area contributed by atoms with Gasteiger partial charge in [-0.2, -0.15) is 5.10 Å². The van der Waals surface area contributed by atoms with Crippen LogP contribution in [0.2, 0.25) is 0 Å². The Bertz CT molecular complexity index is 2500. The first kappa shape index (κ1) is 35.6. The Labute approximate surface area is 319 Å². The molecule has 3 aliphatic heterocycles. The predicted molar refractivity (Wildman–Crippen MR) is 203 cm³/mol. The van der Waals surface area contributed by atoms with Crippen LogP contribution in [0.1, 0.15) is 25.0 Å². The lowest BCUT2D eigenvalue weighted by molar-refractivity contribution is -0.133. The molecule has 1 aromatic carbocycles. The quantitative estimate of drug-likeness (QED) is 0.251. The van der Waals surface area contributed by atoms with Gasteiger partial charge in [-0.05, 0) is 44.5 Å². The first-order chi connectivity index (χ1) is 27.2. The molecule has 17 heteroatoms. The number of hydrogen-bond acceptors (Lipinski definition) is 12. The van der Waals surface area contributed by atoms with Crippen molar-refractivity contribution in [2.45, 2.75) is 51.6 Å². The average Bonchev–Trinajstić information content (AvgIpc) is 3.88. The van der Waals surface area contributed by atoms with Gasteiger partial charge >= 0.3 is 0 Å². The largest absolute Gasteiger partial charge is 0.487 e. The van der Waals surface area contributed by atoms with Crippen LogP contribution in [0.25, 0.3) is 39.1 Å². The SMILES string of the molecule is CCO[C@H]1CN(C)C(=O)[C@@H]2C[C@@H](CN2c2nc3nc4c2cnn4-c2c(F)cc(F)cc2OC/C=C\COC3)Nc2cccc(n2)-c2nccc3nc(C)n(c23)C1. The predicted octanol–water partition coefficient (Wildman–Crippen LogP) is 4.61. The molecule has 1 N–H and O–H groups in total. The van der Waals surface area contributed by atoms with Crippen LogP contribution in [0.3, 0.4) is 0 Å². The van der Waals surface area contributed by atoms with E-state index >= 15 is 4.39 Å². The zero-order valence-corrected chi connectivity index (χ0v) is 31.0. The number of benzene rings is 1. The lowest BCUT2D eigenvalue weighted by Crippen LogP contribution is -2.47. The van der Waals surface area contributed by atoms with Crippen LogP contribution in [0.15, 0.2) is 60.9 Å². The summed E-state index contributed by atoms with van der Waals surface area (Å²) < 4.78 is 51.5. The van der Waals surface area contributed by atoms with Gasteiger partial charge in [0, 0.05) is 51.1 Å². The maximum Gasteiger partial charge on any atom is 0.245 e. The summed E-state index contributed by atoms with van der Waals surface area (Å²) >= 11 is 0. The van der Waals surface area contributed by atoms with E-state index in [1.807, 2.05) is 43.0 Å². The van der Waals surface area contributed by atoms with Crippen molar-refractivity contribution in [2.24, 2.45) is 0 Å². The fraction of sp³-hybridized carbons (Fsp3) is 0.359. The second kappa shape index (κ2) is 14.5. The van der Waals surface area contributed by atoms with E-state index in [-0.39, 0.29) is 55.0 Å². The Kier molecular flexibility index (Phi) is 9.25. The standard InChI is InChI=1S/C39H39F2N11O4/c1-4-55-25-19-49(3)39(53)30-16-24(45-32-9-7-8-28(46-32)34-36-29(10-11-42-34)44-22(2)50(36)20-25)18-51(30)37-26-17-43-52-35-27(41)14-23(40)15-31(35)56-13-6-5-12-54-21-33(47-37)48-38(26)52/h5-11,14-15,17,24-25,30H,4,12-13,16,18-21H2,1-3H3,(H,45,46)/b6-5-/t24-,25-,30-/m0/s1. The number of rotatable bonds is 3. The molecule has 0 radical (unpaired) electrons. The number of ether oxygens (including phenoxy) is 3. The molecule has 8 heterocycles. The van der Waals surface area contributed by atoms with Gasteiger partial charge in [0.2, 0.25) is 5.91 Å². The van der Waals surface area contributed by atoms with Crippen molar-refractivity contribution in [3.8, 4) is 22.8 Å². The fourth-order valence-corrected chi connectivity index (χ4v) is 7.86. The van der Waals surface area contributed by atoms with Gasteiger partial charge in [0.1, 0.15) is 53.9 Å². The number of aryl methyl sites for hydroxylation is 1. The number of carbonyl (C=O) groups is 1. The molecular formula is C39H39F2N11O4. The number of carbonyl (C=O) groups excluding carboxylic acids is 1. The number of imidazole rings is 1. The molecule has 6 aromatic rings. The van der Waals surface area contributed by atoms with Gasteiger partial charge in [-0.15, -0.1) is 0 Å². The molecule has 1 saturated heterocycles. The number of nitrogens with one attached hydrogen (secondary N) is 1. The van der Waals surface area contributed by atoms with Gasteiger partial charge in [-0.3, -0.25) is 9.78 Å². The summed E-state index contributed by atoms with van der Waals surface area (Å²) in [5.74, 6) is 0.269. The minimum absolute atomic E-state index is 0.0231. The van der Waals surface area contributed by atoms with Gasteiger partial charge in [0.05, 0.1) is 47.6 Å². The normalized spacial score (nSPS) is 20.7. The molecule has 0 aliphatic carbocycles. The van der Waals surface area contributed by atoms with E-state index in [0.717, 1.165) is 29.0 Å². The summed E-state index contributed by atoms with van der Waals surface area (Å²) in [6.45, 7) is 5.70. The van der Waals surface area contributed by atoms with Crippen LogP contribution in [-0.4, -0.2) is 108 Å². The number of anilines is 2. The van der Waals surface area contributed by atoms with Gasteiger partial charge in [0.25, 0.3) is 0 Å². The Hall–Kier alpha value is -6.07. The highest BCUT2D eigenvalue weighted by atomic mass is 19.1. The second-order valence-corrected chi connectivity index (χ2v) is 14.0. The summed E-state index contributed by atoms with van der Waals surface area (Å²) in [5, 5.41) is 8.57. The molecule has 3 atom stereocenters. The van der Waals surface area contributed by atoms with Gasteiger partial charge < -0.3 is 33.9 Å². The lowest BCUT2D eigenvalue weighted by atomic mass is 10.1. The third-order valence-electron chi connectivity index (χ3n) is 10.3. The summed E-state index contributed by atoms with van der Waals surface area (Å²) in [4.78, 5) is 42.7. The summed E-state index contributed by atoms with van der Waals surface area (Å²) in [7, 11) is 1.78. The molecule has 0 spiro atoms. The van der Waals surface area contributed by atoms with Crippen LogP contribution < -0.4 is 15.0 Å². The van der Waals surface area contributed by atoms with Crippen LogP contribution >= 0.6 is 0 Å². The Morgan fingerprint density at radius 1 is 1.04 bits per heavy atom. The van der Waals surface area contributed by atoms with Gasteiger partial charge in [-0.25, -0.2) is 33.4 Å². The first-order valence-corrected chi connectivity index (χ1v) is 18.5. The van der Waals surface area contributed by atoms with Crippen molar-refractivity contribution >= 4 is 39.6 Å². The second-order valence-electron chi connectivity index (χ2n) is 14.0. The molecule has 0 unspecified atom stereocenters. The monoisotopic (exact) mass is 763 g/mol. The molecule has 1 amide bonds. The van der Waals surface area contributed by atoms with E-state index in [4.69, 9.17) is 39.1 Å². The van der Waals surface area contributed by atoms with Crippen molar-refractivity contribution in [2.75, 3.05) is 50.2 Å². The minimum Gasteiger partial charge on any atom is -0.487 e. The van der Waals surface area contributed by atoms with Crippen molar-refractivity contribution in [1.82, 2.24) is 44.2 Å². The number of nitrogens with zero attached hydrogens (tertiary/aromatic N) is 10. The molecule has 6 bridgehead atoms. The first-order valence-electron chi connectivity index (χ1n) is 18.5. The minimum atomic E-state index is -0.877. The number of aromatic nitrogens is 8. The molecule has 1 fully saturated rings. The van der Waals surface area contributed by atoms with E-state index in [2.05, 4.69) is 15.0 Å². The number of pyridine rings is 2. The van der Waals surface area contributed by atoms with Crippen LogP contribution in [0.5, 0.6) is 5.75 Å².